The highest BCUT2D eigenvalue weighted by molar-refractivity contribution is 7.89. The summed E-state index contributed by atoms with van der Waals surface area (Å²) in [7, 11) is -3.47. The number of carbonyl (C=O) groups is 1. The number of carbonyl (C=O) groups excluding carboxylic acids is 1. The Balaban J connectivity index is 1.92. The van der Waals surface area contributed by atoms with Crippen LogP contribution >= 0.6 is 0 Å². The van der Waals surface area contributed by atoms with E-state index in [1.54, 1.807) is 6.07 Å². The lowest BCUT2D eigenvalue weighted by atomic mass is 10.2. The number of anilines is 1. The number of hydrogen-bond acceptors (Lipinski definition) is 4. The summed E-state index contributed by atoms with van der Waals surface area (Å²) < 4.78 is 31.8. The van der Waals surface area contributed by atoms with Gasteiger partial charge in [-0.25, -0.2) is 8.42 Å². The van der Waals surface area contributed by atoms with Crippen molar-refractivity contribution in [2.24, 2.45) is 0 Å². The first-order chi connectivity index (χ1) is 9.57. The largest absolute Gasteiger partial charge is 0.482 e. The minimum Gasteiger partial charge on any atom is -0.482 e. The van der Waals surface area contributed by atoms with Gasteiger partial charge in [0.15, 0.2) is 6.61 Å². The van der Waals surface area contributed by atoms with E-state index in [-0.39, 0.29) is 17.4 Å². The number of fused-ring (bicyclic) bond motifs is 1. The first kappa shape index (κ1) is 13.4. The molecule has 1 saturated heterocycles. The van der Waals surface area contributed by atoms with Crippen LogP contribution in [0.3, 0.4) is 0 Å². The van der Waals surface area contributed by atoms with E-state index in [0.29, 0.717) is 24.5 Å². The Morgan fingerprint density at radius 1 is 1.15 bits per heavy atom. The Hall–Kier alpha value is -1.60. The number of hydrogen-bond donors (Lipinski definition) is 1. The van der Waals surface area contributed by atoms with E-state index < -0.39 is 10.0 Å². The van der Waals surface area contributed by atoms with E-state index >= 15 is 0 Å². The smallest absolute Gasteiger partial charge is 0.262 e. The fourth-order valence-corrected chi connectivity index (χ4v) is 4.00. The number of benzene rings is 1. The van der Waals surface area contributed by atoms with Crippen molar-refractivity contribution in [3.05, 3.63) is 18.2 Å². The van der Waals surface area contributed by atoms with Gasteiger partial charge in [0.25, 0.3) is 5.91 Å². The monoisotopic (exact) mass is 296 g/mol. The molecule has 0 aromatic heterocycles. The van der Waals surface area contributed by atoms with Crippen molar-refractivity contribution in [2.45, 2.75) is 24.2 Å². The summed E-state index contributed by atoms with van der Waals surface area (Å²) in [6.45, 7) is 1.05. The predicted molar refractivity (Wildman–Crippen MR) is 73.2 cm³/mol. The SMILES string of the molecule is O=C1COc2cc(S(=O)(=O)N3CCCCC3)ccc2N1. The Morgan fingerprint density at radius 3 is 2.65 bits per heavy atom. The number of sulfonamides is 1. The molecule has 1 aromatic carbocycles. The zero-order valence-corrected chi connectivity index (χ0v) is 11.8. The molecule has 6 nitrogen and oxygen atoms in total. The molecule has 1 amide bonds. The molecule has 2 aliphatic heterocycles. The summed E-state index contributed by atoms with van der Waals surface area (Å²) in [6, 6.07) is 4.57. The van der Waals surface area contributed by atoms with Crippen LogP contribution in [0.1, 0.15) is 19.3 Å². The molecule has 0 spiro atoms. The average molecular weight is 296 g/mol. The van der Waals surface area contributed by atoms with Crippen LogP contribution in [-0.2, 0) is 14.8 Å². The van der Waals surface area contributed by atoms with Gasteiger partial charge >= 0.3 is 0 Å². The Kier molecular flexibility index (Phi) is 3.39. The summed E-state index contributed by atoms with van der Waals surface area (Å²) in [5.74, 6) is 0.173. The number of nitrogens with zero attached hydrogens (tertiary/aromatic N) is 1. The fourth-order valence-electron chi connectivity index (χ4n) is 2.47. The summed E-state index contributed by atoms with van der Waals surface area (Å²) in [4.78, 5) is 11.4. The third kappa shape index (κ3) is 2.38. The van der Waals surface area contributed by atoms with Crippen LogP contribution in [0.25, 0.3) is 0 Å². The predicted octanol–water partition coefficient (Wildman–Crippen LogP) is 1.19. The molecular weight excluding hydrogens is 280 g/mol. The minimum absolute atomic E-state index is 0.0831. The number of rotatable bonds is 2. The maximum atomic E-state index is 12.5. The number of ether oxygens (including phenoxy) is 1. The van der Waals surface area contributed by atoms with Crippen LogP contribution in [0.5, 0.6) is 5.75 Å². The summed E-state index contributed by atoms with van der Waals surface area (Å²) in [5.41, 5.74) is 0.513. The van der Waals surface area contributed by atoms with Gasteiger partial charge < -0.3 is 10.1 Å². The molecule has 2 aliphatic rings. The Labute approximate surface area is 117 Å². The summed E-state index contributed by atoms with van der Waals surface area (Å²) >= 11 is 0. The summed E-state index contributed by atoms with van der Waals surface area (Å²) in [5, 5.41) is 2.65. The zero-order chi connectivity index (χ0) is 14.2. The fraction of sp³-hybridized carbons (Fsp3) is 0.462. The molecule has 7 heteroatoms. The third-order valence-electron chi connectivity index (χ3n) is 3.54. The van der Waals surface area contributed by atoms with E-state index in [0.717, 1.165) is 19.3 Å². The van der Waals surface area contributed by atoms with Gasteiger partial charge in [-0.1, -0.05) is 6.42 Å². The van der Waals surface area contributed by atoms with Gasteiger partial charge in [-0.3, -0.25) is 4.79 Å². The molecule has 0 atom stereocenters. The second-order valence-corrected chi connectivity index (χ2v) is 6.90. The van der Waals surface area contributed by atoms with Crippen molar-refractivity contribution in [1.82, 2.24) is 4.31 Å². The van der Waals surface area contributed by atoms with Crippen LogP contribution in [0.15, 0.2) is 23.1 Å². The van der Waals surface area contributed by atoms with Gasteiger partial charge in [0.2, 0.25) is 10.0 Å². The molecule has 2 heterocycles. The van der Waals surface area contributed by atoms with Crippen LogP contribution in [0, 0.1) is 0 Å². The van der Waals surface area contributed by atoms with Crippen LogP contribution in [-0.4, -0.2) is 38.3 Å². The van der Waals surface area contributed by atoms with E-state index in [9.17, 15) is 13.2 Å². The lowest BCUT2D eigenvalue weighted by Gasteiger charge is -2.26. The highest BCUT2D eigenvalue weighted by Crippen LogP contribution is 2.31. The van der Waals surface area contributed by atoms with Crippen LogP contribution in [0.4, 0.5) is 5.69 Å². The van der Waals surface area contributed by atoms with Crippen molar-refractivity contribution in [2.75, 3.05) is 25.0 Å². The number of nitrogens with one attached hydrogen (secondary N) is 1. The van der Waals surface area contributed by atoms with Crippen LogP contribution < -0.4 is 10.1 Å². The quantitative estimate of drug-likeness (QED) is 0.889. The van der Waals surface area contributed by atoms with E-state index in [1.165, 1.54) is 16.4 Å². The molecule has 1 aromatic rings. The lowest BCUT2D eigenvalue weighted by molar-refractivity contribution is -0.118. The van der Waals surface area contributed by atoms with Crippen LogP contribution in [0.2, 0.25) is 0 Å². The van der Waals surface area contributed by atoms with Gasteiger partial charge in [0.1, 0.15) is 5.75 Å². The maximum Gasteiger partial charge on any atom is 0.262 e. The number of piperidine rings is 1. The normalized spacial score (nSPS) is 19.9. The lowest BCUT2D eigenvalue weighted by Crippen LogP contribution is -2.35. The first-order valence-corrected chi connectivity index (χ1v) is 8.08. The van der Waals surface area contributed by atoms with Crippen molar-refractivity contribution in [1.29, 1.82) is 0 Å². The molecule has 0 radical (unpaired) electrons. The topological polar surface area (TPSA) is 75.7 Å². The van der Waals surface area contributed by atoms with Gasteiger partial charge in [-0.2, -0.15) is 4.31 Å². The third-order valence-corrected chi connectivity index (χ3v) is 5.43. The second-order valence-electron chi connectivity index (χ2n) is 4.96. The molecule has 1 fully saturated rings. The van der Waals surface area contributed by atoms with Crippen molar-refractivity contribution < 1.29 is 17.9 Å². The molecule has 0 bridgehead atoms. The molecule has 0 unspecified atom stereocenters. The Bertz CT molecular complexity index is 636. The molecule has 108 valence electrons. The van der Waals surface area contributed by atoms with Gasteiger partial charge in [-0.15, -0.1) is 0 Å². The highest BCUT2D eigenvalue weighted by Gasteiger charge is 2.27. The van der Waals surface area contributed by atoms with Gasteiger partial charge in [-0.05, 0) is 25.0 Å². The molecular formula is C13H16N2O4S. The van der Waals surface area contributed by atoms with Gasteiger partial charge in [0, 0.05) is 19.2 Å². The van der Waals surface area contributed by atoms with Crippen molar-refractivity contribution in [3.8, 4) is 5.75 Å². The Morgan fingerprint density at radius 2 is 1.90 bits per heavy atom. The standard InChI is InChI=1S/C13H16N2O4S/c16-13-9-19-12-8-10(4-5-11(12)14-13)20(17,18)15-6-2-1-3-7-15/h4-5,8H,1-3,6-7,9H2,(H,14,16). The molecule has 20 heavy (non-hydrogen) atoms. The highest BCUT2D eigenvalue weighted by atomic mass is 32.2. The molecule has 1 N–H and O–H groups in total. The van der Waals surface area contributed by atoms with E-state index in [1.807, 2.05) is 0 Å². The summed E-state index contributed by atoms with van der Waals surface area (Å²) in [6.07, 6.45) is 2.87. The van der Waals surface area contributed by atoms with Crippen molar-refractivity contribution in [3.63, 3.8) is 0 Å². The first-order valence-electron chi connectivity index (χ1n) is 6.64. The maximum absolute atomic E-state index is 12.5. The zero-order valence-electron chi connectivity index (χ0n) is 11.0. The second kappa shape index (κ2) is 5.06. The van der Waals surface area contributed by atoms with E-state index in [2.05, 4.69) is 5.32 Å². The van der Waals surface area contributed by atoms with E-state index in [4.69, 9.17) is 4.74 Å². The molecule has 3 rings (SSSR count). The molecule has 0 saturated carbocycles. The van der Waals surface area contributed by atoms with Crippen molar-refractivity contribution >= 4 is 21.6 Å². The minimum atomic E-state index is -3.47. The average Bonchev–Trinajstić information content (AvgIpc) is 2.47. The molecule has 0 aliphatic carbocycles. The van der Waals surface area contributed by atoms with Gasteiger partial charge in [0.05, 0.1) is 10.6 Å². The number of amides is 1.